The van der Waals surface area contributed by atoms with Gasteiger partial charge < -0.3 is 14.5 Å². The highest BCUT2D eigenvalue weighted by molar-refractivity contribution is 5.44. The number of aromatic nitrogens is 1. The number of pyridine rings is 1. The van der Waals surface area contributed by atoms with Crippen molar-refractivity contribution < 1.29 is 9.13 Å². The van der Waals surface area contributed by atoms with Crippen LogP contribution in [0.4, 0.5) is 10.2 Å². The normalized spacial score (nSPS) is 21.0. The Morgan fingerprint density at radius 3 is 2.52 bits per heavy atom. The summed E-state index contributed by atoms with van der Waals surface area (Å²) in [5, 5.41) is 0. The molecule has 1 aromatic heterocycles. The summed E-state index contributed by atoms with van der Waals surface area (Å²) in [4.78, 5) is 8.46. The highest BCUT2D eigenvalue weighted by atomic mass is 19.1. The fourth-order valence-electron chi connectivity index (χ4n) is 3.27. The molecule has 2 atom stereocenters. The van der Waals surface area contributed by atoms with Crippen LogP contribution in [0.25, 0.3) is 0 Å². The summed E-state index contributed by atoms with van der Waals surface area (Å²) in [6.07, 6.45) is 1.64. The first-order chi connectivity index (χ1) is 11.1. The van der Waals surface area contributed by atoms with Crippen molar-refractivity contribution in [2.45, 2.75) is 12.0 Å². The first-order valence-corrected chi connectivity index (χ1v) is 7.76. The molecule has 0 N–H and O–H groups in total. The highest BCUT2D eigenvalue weighted by Gasteiger charge is 2.36. The number of nitrogens with zero attached hydrogens (tertiary/aromatic N) is 3. The molecular formula is C18H22FN3O. The molecule has 5 heteroatoms. The van der Waals surface area contributed by atoms with Crippen molar-refractivity contribution in [2.24, 2.45) is 0 Å². The minimum atomic E-state index is -0.264. The van der Waals surface area contributed by atoms with Crippen molar-refractivity contribution >= 4 is 5.82 Å². The van der Waals surface area contributed by atoms with Crippen LogP contribution in [-0.4, -0.2) is 50.2 Å². The largest absolute Gasteiger partial charge is 0.497 e. The molecule has 0 aliphatic carbocycles. The molecule has 1 aliphatic heterocycles. The average Bonchev–Trinajstić information content (AvgIpc) is 3.01. The van der Waals surface area contributed by atoms with Gasteiger partial charge in [-0.3, -0.25) is 0 Å². The van der Waals surface area contributed by atoms with Crippen LogP contribution in [-0.2, 0) is 0 Å². The van der Waals surface area contributed by atoms with Gasteiger partial charge in [-0.2, -0.15) is 0 Å². The second-order valence-electron chi connectivity index (χ2n) is 6.12. The second-order valence-corrected chi connectivity index (χ2v) is 6.12. The van der Waals surface area contributed by atoms with E-state index in [4.69, 9.17) is 4.74 Å². The summed E-state index contributed by atoms with van der Waals surface area (Å²) in [6.45, 7) is 1.51. The van der Waals surface area contributed by atoms with Gasteiger partial charge in [-0.1, -0.05) is 12.1 Å². The molecule has 1 aliphatic rings. The molecule has 0 saturated carbocycles. The van der Waals surface area contributed by atoms with Gasteiger partial charge in [0.25, 0.3) is 0 Å². The van der Waals surface area contributed by atoms with Crippen LogP contribution in [0.3, 0.4) is 0 Å². The van der Waals surface area contributed by atoms with E-state index >= 15 is 0 Å². The molecule has 4 nitrogen and oxygen atoms in total. The number of methoxy groups -OCH3 is 1. The third kappa shape index (κ3) is 3.15. The van der Waals surface area contributed by atoms with Gasteiger partial charge in [0.2, 0.25) is 0 Å². The zero-order chi connectivity index (χ0) is 16.4. The third-order valence-electron chi connectivity index (χ3n) is 4.53. The second kappa shape index (κ2) is 6.54. The number of benzene rings is 1. The number of ether oxygens (including phenoxy) is 1. The third-order valence-corrected chi connectivity index (χ3v) is 4.53. The molecular weight excluding hydrogens is 293 g/mol. The Bertz CT molecular complexity index is 660. The van der Waals surface area contributed by atoms with Crippen molar-refractivity contribution in [2.75, 3.05) is 39.2 Å². The number of anilines is 1. The minimum Gasteiger partial charge on any atom is -0.497 e. The first kappa shape index (κ1) is 15.7. The summed E-state index contributed by atoms with van der Waals surface area (Å²) in [5.74, 6) is 1.33. The molecule has 1 saturated heterocycles. The van der Waals surface area contributed by atoms with E-state index in [0.29, 0.717) is 17.8 Å². The van der Waals surface area contributed by atoms with Gasteiger partial charge in [-0.15, -0.1) is 0 Å². The Morgan fingerprint density at radius 1 is 1.17 bits per heavy atom. The molecule has 0 bridgehead atoms. The van der Waals surface area contributed by atoms with Crippen LogP contribution in [0.1, 0.15) is 11.5 Å². The van der Waals surface area contributed by atoms with Crippen molar-refractivity contribution in [3.05, 3.63) is 54.0 Å². The quantitative estimate of drug-likeness (QED) is 0.867. The van der Waals surface area contributed by atoms with Crippen LogP contribution >= 0.6 is 0 Å². The molecule has 0 unspecified atom stereocenters. The van der Waals surface area contributed by atoms with E-state index in [0.717, 1.165) is 18.8 Å². The monoisotopic (exact) mass is 315 g/mol. The molecule has 1 aromatic carbocycles. The standard InChI is InChI=1S/C18H22FN3O/c1-21(2)17-12-22(18-16(19)5-4-10-20-18)11-15(17)13-6-8-14(23-3)9-7-13/h4-10,15,17H,11-12H2,1-3H3/t15-,17+/m0/s1. The van der Waals surface area contributed by atoms with E-state index in [-0.39, 0.29) is 5.82 Å². The topological polar surface area (TPSA) is 28.6 Å². The molecule has 2 heterocycles. The molecule has 3 rings (SSSR count). The Kier molecular flexibility index (Phi) is 4.48. The molecule has 2 aromatic rings. The van der Waals surface area contributed by atoms with Gasteiger partial charge >= 0.3 is 0 Å². The lowest BCUT2D eigenvalue weighted by Crippen LogP contribution is -2.34. The summed E-state index contributed by atoms with van der Waals surface area (Å²) < 4.78 is 19.3. The van der Waals surface area contributed by atoms with E-state index in [1.165, 1.54) is 11.6 Å². The fourth-order valence-corrected chi connectivity index (χ4v) is 3.27. The number of halogens is 1. The van der Waals surface area contributed by atoms with E-state index in [2.05, 4.69) is 36.1 Å². The Balaban J connectivity index is 1.88. The predicted molar refractivity (Wildman–Crippen MR) is 89.6 cm³/mol. The maximum absolute atomic E-state index is 14.1. The van der Waals surface area contributed by atoms with Crippen LogP contribution < -0.4 is 9.64 Å². The maximum atomic E-state index is 14.1. The lowest BCUT2D eigenvalue weighted by molar-refractivity contribution is 0.292. The number of hydrogen-bond acceptors (Lipinski definition) is 4. The van der Waals surface area contributed by atoms with Gasteiger partial charge in [0, 0.05) is 31.2 Å². The van der Waals surface area contributed by atoms with E-state index < -0.39 is 0 Å². The van der Waals surface area contributed by atoms with Gasteiger partial charge in [0.1, 0.15) is 5.75 Å². The van der Waals surface area contributed by atoms with Gasteiger partial charge in [-0.05, 0) is 43.9 Å². The number of rotatable bonds is 4. The molecule has 122 valence electrons. The molecule has 1 fully saturated rings. The van der Waals surface area contributed by atoms with Gasteiger partial charge in [0.05, 0.1) is 7.11 Å². The SMILES string of the molecule is COc1ccc([C@@H]2CN(c3ncccc3F)C[C@H]2N(C)C)cc1. The first-order valence-electron chi connectivity index (χ1n) is 7.76. The van der Waals surface area contributed by atoms with Crippen LogP contribution in [0.15, 0.2) is 42.6 Å². The number of likely N-dealkylation sites (N-methyl/N-ethyl adjacent to an activating group) is 1. The number of hydrogen-bond donors (Lipinski definition) is 0. The summed E-state index contributed by atoms with van der Waals surface area (Å²) >= 11 is 0. The molecule has 0 spiro atoms. The highest BCUT2D eigenvalue weighted by Crippen LogP contribution is 2.34. The Hall–Kier alpha value is -2.14. The van der Waals surface area contributed by atoms with Gasteiger partial charge in [0.15, 0.2) is 11.6 Å². The summed E-state index contributed by atoms with van der Waals surface area (Å²) in [5.41, 5.74) is 1.24. The molecule has 0 radical (unpaired) electrons. The minimum absolute atomic E-state index is 0.264. The smallest absolute Gasteiger partial charge is 0.165 e. The lowest BCUT2D eigenvalue weighted by atomic mass is 9.93. The lowest BCUT2D eigenvalue weighted by Gasteiger charge is -2.25. The maximum Gasteiger partial charge on any atom is 0.165 e. The van der Waals surface area contributed by atoms with E-state index in [1.54, 1.807) is 19.4 Å². The summed E-state index contributed by atoms with van der Waals surface area (Å²) in [6, 6.07) is 11.5. The van der Waals surface area contributed by atoms with E-state index in [9.17, 15) is 4.39 Å². The van der Waals surface area contributed by atoms with Crippen LogP contribution in [0.5, 0.6) is 5.75 Å². The Morgan fingerprint density at radius 2 is 1.91 bits per heavy atom. The van der Waals surface area contributed by atoms with Crippen LogP contribution in [0.2, 0.25) is 0 Å². The zero-order valence-corrected chi connectivity index (χ0v) is 13.7. The molecule has 0 amide bonds. The van der Waals surface area contributed by atoms with Crippen molar-refractivity contribution in [3.8, 4) is 5.75 Å². The summed E-state index contributed by atoms with van der Waals surface area (Å²) in [7, 11) is 5.80. The predicted octanol–water partition coefficient (Wildman–Crippen LogP) is 2.76. The van der Waals surface area contributed by atoms with E-state index in [1.807, 2.05) is 17.0 Å². The van der Waals surface area contributed by atoms with Crippen LogP contribution in [0, 0.1) is 5.82 Å². The van der Waals surface area contributed by atoms with Gasteiger partial charge in [-0.25, -0.2) is 9.37 Å². The molecule has 23 heavy (non-hydrogen) atoms. The van der Waals surface area contributed by atoms with Crippen molar-refractivity contribution in [3.63, 3.8) is 0 Å². The van der Waals surface area contributed by atoms with Crippen molar-refractivity contribution in [1.29, 1.82) is 0 Å². The fraction of sp³-hybridized carbons (Fsp3) is 0.389. The van der Waals surface area contributed by atoms with Crippen molar-refractivity contribution in [1.82, 2.24) is 9.88 Å². The zero-order valence-electron chi connectivity index (χ0n) is 13.7. The Labute approximate surface area is 136 Å². The average molecular weight is 315 g/mol.